The van der Waals surface area contributed by atoms with E-state index in [1.165, 1.54) is 0 Å². The number of aryl methyl sites for hydroxylation is 1. The monoisotopic (exact) mass is 346 g/mol. The zero-order chi connectivity index (χ0) is 18.1. The third-order valence-corrected chi connectivity index (χ3v) is 4.35. The Hall–Kier alpha value is -3.41. The van der Waals surface area contributed by atoms with Crippen LogP contribution in [0.25, 0.3) is 16.6 Å². The van der Waals surface area contributed by atoms with Crippen molar-refractivity contribution in [3.05, 3.63) is 82.2 Å². The van der Waals surface area contributed by atoms with E-state index in [1.807, 2.05) is 41.9 Å². The number of rotatable bonds is 4. The molecule has 0 saturated carbocycles. The lowest BCUT2D eigenvalue weighted by Crippen LogP contribution is -2.12. The first-order chi connectivity index (χ1) is 12.6. The van der Waals surface area contributed by atoms with Gasteiger partial charge in [0.25, 0.3) is 5.56 Å². The van der Waals surface area contributed by atoms with Crippen molar-refractivity contribution in [3.8, 4) is 11.4 Å². The van der Waals surface area contributed by atoms with Crippen molar-refractivity contribution in [2.45, 2.75) is 13.3 Å². The fourth-order valence-electron chi connectivity index (χ4n) is 2.97. The number of nitrogens with zero attached hydrogens (tertiary/aromatic N) is 3. The Morgan fingerprint density at radius 3 is 2.62 bits per heavy atom. The highest BCUT2D eigenvalue weighted by Crippen LogP contribution is 2.17. The molecule has 1 N–H and O–H groups in total. The van der Waals surface area contributed by atoms with E-state index in [-0.39, 0.29) is 5.56 Å². The van der Waals surface area contributed by atoms with Crippen LogP contribution in [-0.4, -0.2) is 26.9 Å². The second kappa shape index (κ2) is 6.48. The number of fused-ring (bicyclic) bond motifs is 1. The van der Waals surface area contributed by atoms with Crippen LogP contribution in [0.4, 0.5) is 0 Å². The number of hydrogen-bond donors (Lipinski definition) is 1. The third-order valence-electron chi connectivity index (χ3n) is 4.35. The van der Waals surface area contributed by atoms with Crippen molar-refractivity contribution in [2.75, 3.05) is 7.11 Å². The number of hydrogen-bond acceptors (Lipinski definition) is 4. The van der Waals surface area contributed by atoms with E-state index in [0.29, 0.717) is 28.9 Å². The molecule has 0 aliphatic rings. The number of H-pyrrole nitrogens is 1. The van der Waals surface area contributed by atoms with Gasteiger partial charge in [-0.3, -0.25) is 4.79 Å². The van der Waals surface area contributed by atoms with Crippen LogP contribution in [0.3, 0.4) is 0 Å². The van der Waals surface area contributed by atoms with E-state index < -0.39 is 0 Å². The molecule has 0 atom stereocenters. The van der Waals surface area contributed by atoms with E-state index in [0.717, 1.165) is 16.9 Å². The van der Waals surface area contributed by atoms with Crippen molar-refractivity contribution < 1.29 is 4.74 Å². The summed E-state index contributed by atoms with van der Waals surface area (Å²) in [5.41, 5.74) is 3.65. The summed E-state index contributed by atoms with van der Waals surface area (Å²) in [6.07, 6.45) is 2.33. The third kappa shape index (κ3) is 2.97. The Morgan fingerprint density at radius 2 is 1.92 bits per heavy atom. The van der Waals surface area contributed by atoms with Gasteiger partial charge < -0.3 is 9.72 Å². The van der Waals surface area contributed by atoms with Crippen LogP contribution in [0.15, 0.2) is 59.5 Å². The number of aromatic nitrogens is 4. The van der Waals surface area contributed by atoms with E-state index in [9.17, 15) is 4.79 Å². The van der Waals surface area contributed by atoms with Gasteiger partial charge in [-0.1, -0.05) is 12.1 Å². The predicted molar refractivity (Wildman–Crippen MR) is 100 cm³/mol. The molecule has 4 rings (SSSR count). The number of aromatic amines is 1. The lowest BCUT2D eigenvalue weighted by atomic mass is 10.1. The highest BCUT2D eigenvalue weighted by atomic mass is 16.5. The topological polar surface area (TPSA) is 72.8 Å². The quantitative estimate of drug-likeness (QED) is 0.616. The lowest BCUT2D eigenvalue weighted by molar-refractivity contribution is 0.415. The SMILES string of the molecule is COc1ccc2nc(Cc3ccc(-n4nccc4C)cc3)[nH]c(=O)c2c1. The molecule has 130 valence electrons. The molecule has 0 aliphatic carbocycles. The van der Waals surface area contributed by atoms with Crippen molar-refractivity contribution in [1.29, 1.82) is 0 Å². The highest BCUT2D eigenvalue weighted by Gasteiger charge is 2.07. The minimum absolute atomic E-state index is 0.160. The molecule has 0 bridgehead atoms. The lowest BCUT2D eigenvalue weighted by Gasteiger charge is -2.07. The molecule has 0 radical (unpaired) electrons. The van der Waals surface area contributed by atoms with Crippen LogP contribution in [0.1, 0.15) is 17.1 Å². The van der Waals surface area contributed by atoms with Crippen LogP contribution >= 0.6 is 0 Å². The summed E-state index contributed by atoms with van der Waals surface area (Å²) in [4.78, 5) is 19.8. The van der Waals surface area contributed by atoms with Gasteiger partial charge in [-0.25, -0.2) is 9.67 Å². The summed E-state index contributed by atoms with van der Waals surface area (Å²) in [7, 11) is 1.57. The molecule has 0 aliphatic heterocycles. The summed E-state index contributed by atoms with van der Waals surface area (Å²) in [5, 5.41) is 4.83. The van der Waals surface area contributed by atoms with Crippen molar-refractivity contribution in [2.24, 2.45) is 0 Å². The molecule has 2 aromatic carbocycles. The number of benzene rings is 2. The minimum atomic E-state index is -0.160. The van der Waals surface area contributed by atoms with Crippen LogP contribution in [-0.2, 0) is 6.42 Å². The first kappa shape index (κ1) is 16.1. The molecule has 6 heteroatoms. The van der Waals surface area contributed by atoms with Gasteiger partial charge >= 0.3 is 0 Å². The number of ether oxygens (including phenoxy) is 1. The van der Waals surface area contributed by atoms with Gasteiger partial charge in [0.15, 0.2) is 0 Å². The Labute approximate surface area is 150 Å². The molecule has 4 aromatic rings. The first-order valence-corrected chi connectivity index (χ1v) is 8.31. The maximum Gasteiger partial charge on any atom is 0.258 e. The zero-order valence-corrected chi connectivity index (χ0v) is 14.6. The summed E-state index contributed by atoms with van der Waals surface area (Å²) in [6.45, 7) is 2.01. The maximum absolute atomic E-state index is 12.3. The van der Waals surface area contributed by atoms with Gasteiger partial charge in [0, 0.05) is 18.3 Å². The Kier molecular flexibility index (Phi) is 4.01. The Bertz CT molecular complexity index is 1130. The van der Waals surface area contributed by atoms with Crippen molar-refractivity contribution >= 4 is 10.9 Å². The molecule has 6 nitrogen and oxygen atoms in total. The molecule has 0 unspecified atom stereocenters. The normalized spacial score (nSPS) is 11.0. The van der Waals surface area contributed by atoms with Gasteiger partial charge in [-0.15, -0.1) is 0 Å². The standard InChI is InChI=1S/C20H18N4O2/c1-13-9-10-21-24(13)15-5-3-14(4-6-15)11-19-22-18-8-7-16(26-2)12-17(18)20(25)23-19/h3-10,12H,11H2,1-2H3,(H,22,23,25). The molecule has 0 fully saturated rings. The fourth-order valence-corrected chi connectivity index (χ4v) is 2.97. The van der Waals surface area contributed by atoms with Crippen LogP contribution in [0.2, 0.25) is 0 Å². The Balaban J connectivity index is 1.63. The number of nitrogens with one attached hydrogen (secondary N) is 1. The molecule has 0 amide bonds. The second-order valence-electron chi connectivity index (χ2n) is 6.12. The maximum atomic E-state index is 12.3. The van der Waals surface area contributed by atoms with Crippen LogP contribution in [0.5, 0.6) is 5.75 Å². The smallest absolute Gasteiger partial charge is 0.258 e. The minimum Gasteiger partial charge on any atom is -0.497 e. The van der Waals surface area contributed by atoms with E-state index >= 15 is 0 Å². The van der Waals surface area contributed by atoms with Crippen LogP contribution < -0.4 is 10.3 Å². The molecule has 0 saturated heterocycles. The van der Waals surface area contributed by atoms with E-state index in [4.69, 9.17) is 4.74 Å². The van der Waals surface area contributed by atoms with Crippen molar-refractivity contribution in [3.63, 3.8) is 0 Å². The first-order valence-electron chi connectivity index (χ1n) is 8.31. The largest absolute Gasteiger partial charge is 0.497 e. The van der Waals surface area contributed by atoms with E-state index in [1.54, 1.807) is 31.5 Å². The molecule has 26 heavy (non-hydrogen) atoms. The molecule has 2 aromatic heterocycles. The van der Waals surface area contributed by atoms with Crippen molar-refractivity contribution in [1.82, 2.24) is 19.7 Å². The molecular formula is C20H18N4O2. The van der Waals surface area contributed by atoms with Gasteiger partial charge in [0.05, 0.1) is 23.7 Å². The molecule has 2 heterocycles. The fraction of sp³-hybridized carbons (Fsp3) is 0.150. The van der Waals surface area contributed by atoms with Gasteiger partial charge in [-0.05, 0) is 48.9 Å². The second-order valence-corrected chi connectivity index (χ2v) is 6.12. The summed E-state index contributed by atoms with van der Waals surface area (Å²) in [6, 6.07) is 15.3. The Morgan fingerprint density at radius 1 is 1.12 bits per heavy atom. The molecular weight excluding hydrogens is 328 g/mol. The predicted octanol–water partition coefficient (Wildman–Crippen LogP) is 3.02. The summed E-state index contributed by atoms with van der Waals surface area (Å²) < 4.78 is 7.05. The van der Waals surface area contributed by atoms with Gasteiger partial charge in [0.2, 0.25) is 0 Å². The van der Waals surface area contributed by atoms with Gasteiger partial charge in [-0.2, -0.15) is 5.10 Å². The average molecular weight is 346 g/mol. The van der Waals surface area contributed by atoms with Crippen LogP contribution in [0, 0.1) is 6.92 Å². The van der Waals surface area contributed by atoms with Gasteiger partial charge in [0.1, 0.15) is 11.6 Å². The zero-order valence-electron chi connectivity index (χ0n) is 14.6. The number of methoxy groups -OCH3 is 1. The molecule has 0 spiro atoms. The summed E-state index contributed by atoms with van der Waals surface area (Å²) >= 11 is 0. The highest BCUT2D eigenvalue weighted by molar-refractivity contribution is 5.79. The average Bonchev–Trinajstić information content (AvgIpc) is 3.08. The summed E-state index contributed by atoms with van der Waals surface area (Å²) in [5.74, 6) is 1.28. The van der Waals surface area contributed by atoms with E-state index in [2.05, 4.69) is 15.1 Å².